The van der Waals surface area contributed by atoms with Crippen LogP contribution >= 0.6 is 0 Å². The Bertz CT molecular complexity index is 401. The zero-order valence-corrected chi connectivity index (χ0v) is 11.0. The molecule has 102 valence electrons. The molecular weight excluding hydrogens is 236 g/mol. The molecule has 0 bridgehead atoms. The predicted octanol–water partition coefficient (Wildman–Crippen LogP) is 2.74. The maximum Gasteiger partial charge on any atom is 0.248 e. The molecule has 1 aromatic rings. The Morgan fingerprint density at radius 1 is 1.56 bits per heavy atom. The first kappa shape index (κ1) is 13.5. The summed E-state index contributed by atoms with van der Waals surface area (Å²) in [6, 6.07) is 0. The minimum absolute atomic E-state index is 0.0191. The molecule has 0 aromatic carbocycles. The van der Waals surface area contributed by atoms with E-state index in [1.54, 1.807) is 0 Å². The van der Waals surface area contributed by atoms with Crippen LogP contribution in [0.3, 0.4) is 0 Å². The van der Waals surface area contributed by atoms with Gasteiger partial charge in [0.1, 0.15) is 5.82 Å². The van der Waals surface area contributed by atoms with Gasteiger partial charge in [0.05, 0.1) is 5.69 Å². The smallest absolute Gasteiger partial charge is 0.248 e. The number of hydrogen-bond acceptors (Lipinski definition) is 2. The quantitative estimate of drug-likeness (QED) is 0.879. The molecule has 1 heterocycles. The van der Waals surface area contributed by atoms with Gasteiger partial charge in [-0.25, -0.2) is 13.8 Å². The summed E-state index contributed by atoms with van der Waals surface area (Å²) >= 11 is 0. The van der Waals surface area contributed by atoms with Gasteiger partial charge in [0.25, 0.3) is 0 Å². The Kier molecular flexibility index (Phi) is 4.00. The van der Waals surface area contributed by atoms with E-state index in [1.165, 1.54) is 0 Å². The Labute approximate surface area is 107 Å². The Morgan fingerprint density at radius 3 is 2.94 bits per heavy atom. The van der Waals surface area contributed by atoms with Gasteiger partial charge in [-0.05, 0) is 25.8 Å². The van der Waals surface area contributed by atoms with Crippen molar-refractivity contribution in [3.05, 3.63) is 17.7 Å². The van der Waals surface area contributed by atoms with Crippen LogP contribution in [0.25, 0.3) is 0 Å². The highest BCUT2D eigenvalue weighted by atomic mass is 19.3. The molecule has 1 aromatic heterocycles. The summed E-state index contributed by atoms with van der Waals surface area (Å²) in [6.45, 7) is 6.29. The molecule has 1 aliphatic carbocycles. The van der Waals surface area contributed by atoms with Crippen molar-refractivity contribution in [2.45, 2.75) is 52.1 Å². The fraction of sp³-hybridized carbons (Fsp3) is 0.769. The second-order valence-corrected chi connectivity index (χ2v) is 5.15. The number of nitrogens with zero attached hydrogens (tertiary/aromatic N) is 2. The lowest BCUT2D eigenvalue weighted by molar-refractivity contribution is 0.00430. The topological polar surface area (TPSA) is 29.9 Å². The summed E-state index contributed by atoms with van der Waals surface area (Å²) in [7, 11) is 0. The zero-order valence-electron chi connectivity index (χ0n) is 11.0. The van der Waals surface area contributed by atoms with E-state index in [0.717, 1.165) is 24.6 Å². The molecule has 1 saturated carbocycles. The van der Waals surface area contributed by atoms with E-state index in [4.69, 9.17) is 0 Å². The van der Waals surface area contributed by atoms with Crippen LogP contribution in [0.4, 0.5) is 8.78 Å². The molecule has 0 saturated heterocycles. The molecule has 1 N–H and O–H groups in total. The van der Waals surface area contributed by atoms with Crippen molar-refractivity contribution in [3.8, 4) is 0 Å². The highest BCUT2D eigenvalue weighted by Crippen LogP contribution is 2.39. The fourth-order valence-corrected chi connectivity index (χ4v) is 2.61. The molecule has 5 heteroatoms. The summed E-state index contributed by atoms with van der Waals surface area (Å²) in [5.74, 6) is -1.47. The normalized spacial score (nSPS) is 22.6. The number of rotatable bonds is 5. The predicted molar refractivity (Wildman–Crippen MR) is 66.6 cm³/mol. The van der Waals surface area contributed by atoms with Crippen LogP contribution in [0.5, 0.6) is 0 Å². The second kappa shape index (κ2) is 5.34. The number of hydrogen-bond donors (Lipinski definition) is 1. The van der Waals surface area contributed by atoms with Crippen LogP contribution < -0.4 is 5.32 Å². The number of aryl methyl sites for hydroxylation is 1. The van der Waals surface area contributed by atoms with Crippen molar-refractivity contribution in [3.63, 3.8) is 0 Å². The third-order valence-corrected chi connectivity index (χ3v) is 3.64. The first-order chi connectivity index (χ1) is 8.52. The number of nitrogens with one attached hydrogen (secondary N) is 1. The maximum absolute atomic E-state index is 13.2. The van der Waals surface area contributed by atoms with E-state index in [2.05, 4.69) is 14.9 Å². The molecule has 1 atom stereocenters. The minimum atomic E-state index is -2.46. The van der Waals surface area contributed by atoms with Crippen molar-refractivity contribution in [1.82, 2.24) is 14.9 Å². The maximum atomic E-state index is 13.2. The summed E-state index contributed by atoms with van der Waals surface area (Å²) in [6.07, 6.45) is 2.51. The van der Waals surface area contributed by atoms with Gasteiger partial charge in [0, 0.05) is 32.1 Å². The van der Waals surface area contributed by atoms with Crippen LogP contribution in [0.2, 0.25) is 0 Å². The molecule has 0 aliphatic heterocycles. The van der Waals surface area contributed by atoms with Crippen LogP contribution in [0, 0.1) is 12.8 Å². The van der Waals surface area contributed by atoms with Crippen molar-refractivity contribution < 1.29 is 8.78 Å². The molecule has 1 aliphatic rings. The summed E-state index contributed by atoms with van der Waals surface area (Å²) in [5.41, 5.74) is 1.09. The standard InChI is InChI=1S/C13H21F2N3/c1-3-16-7-12-8-17-10(2)18(12)9-11-4-5-13(14,15)6-11/h8,11,16H,3-7,9H2,1-2H3. The summed E-state index contributed by atoms with van der Waals surface area (Å²) < 4.78 is 28.5. The van der Waals surface area contributed by atoms with E-state index in [-0.39, 0.29) is 18.8 Å². The number of halogens is 2. The number of aromatic nitrogens is 2. The SMILES string of the molecule is CCNCc1cnc(C)n1CC1CCC(F)(F)C1. The van der Waals surface area contributed by atoms with E-state index >= 15 is 0 Å². The van der Waals surface area contributed by atoms with Gasteiger partial charge in [0.2, 0.25) is 5.92 Å². The Hall–Kier alpha value is -0.970. The Balaban J connectivity index is 2.02. The van der Waals surface area contributed by atoms with Gasteiger partial charge >= 0.3 is 0 Å². The third kappa shape index (κ3) is 3.07. The van der Waals surface area contributed by atoms with Gasteiger partial charge in [-0.2, -0.15) is 0 Å². The van der Waals surface area contributed by atoms with E-state index in [9.17, 15) is 8.78 Å². The molecule has 0 radical (unpaired) electrons. The van der Waals surface area contributed by atoms with Crippen LogP contribution in [0.1, 0.15) is 37.7 Å². The Morgan fingerprint density at radius 2 is 2.33 bits per heavy atom. The monoisotopic (exact) mass is 257 g/mol. The number of alkyl halides is 2. The molecule has 2 rings (SSSR count). The second-order valence-electron chi connectivity index (χ2n) is 5.15. The molecule has 0 spiro atoms. The average molecular weight is 257 g/mol. The minimum Gasteiger partial charge on any atom is -0.331 e. The van der Waals surface area contributed by atoms with Gasteiger partial charge < -0.3 is 9.88 Å². The molecule has 1 fully saturated rings. The van der Waals surface area contributed by atoms with Gasteiger partial charge in [-0.15, -0.1) is 0 Å². The molecule has 3 nitrogen and oxygen atoms in total. The van der Waals surface area contributed by atoms with Crippen molar-refractivity contribution in [2.75, 3.05) is 6.54 Å². The summed E-state index contributed by atoms with van der Waals surface area (Å²) in [4.78, 5) is 4.28. The summed E-state index contributed by atoms with van der Waals surface area (Å²) in [5, 5.41) is 3.25. The van der Waals surface area contributed by atoms with E-state index < -0.39 is 5.92 Å². The van der Waals surface area contributed by atoms with E-state index in [0.29, 0.717) is 13.0 Å². The van der Waals surface area contributed by atoms with Crippen molar-refractivity contribution in [2.24, 2.45) is 5.92 Å². The molecule has 1 unspecified atom stereocenters. The zero-order chi connectivity index (χ0) is 13.2. The molecule has 0 amide bonds. The fourth-order valence-electron chi connectivity index (χ4n) is 2.61. The lowest BCUT2D eigenvalue weighted by Crippen LogP contribution is -2.19. The van der Waals surface area contributed by atoms with Crippen LogP contribution in [-0.2, 0) is 13.1 Å². The highest BCUT2D eigenvalue weighted by molar-refractivity contribution is 5.05. The van der Waals surface area contributed by atoms with Gasteiger partial charge in [-0.1, -0.05) is 6.92 Å². The first-order valence-corrected chi connectivity index (χ1v) is 6.61. The lowest BCUT2D eigenvalue weighted by Gasteiger charge is -2.15. The third-order valence-electron chi connectivity index (χ3n) is 3.64. The first-order valence-electron chi connectivity index (χ1n) is 6.61. The van der Waals surface area contributed by atoms with Crippen molar-refractivity contribution >= 4 is 0 Å². The number of imidazole rings is 1. The highest BCUT2D eigenvalue weighted by Gasteiger charge is 2.39. The molecule has 18 heavy (non-hydrogen) atoms. The average Bonchev–Trinajstić information content (AvgIpc) is 2.82. The van der Waals surface area contributed by atoms with E-state index in [1.807, 2.05) is 20.0 Å². The van der Waals surface area contributed by atoms with Crippen LogP contribution in [-0.4, -0.2) is 22.0 Å². The van der Waals surface area contributed by atoms with Crippen molar-refractivity contribution in [1.29, 1.82) is 0 Å². The van der Waals surface area contributed by atoms with Gasteiger partial charge in [0.15, 0.2) is 0 Å². The molecular formula is C13H21F2N3. The van der Waals surface area contributed by atoms with Crippen LogP contribution in [0.15, 0.2) is 6.20 Å². The van der Waals surface area contributed by atoms with Gasteiger partial charge in [-0.3, -0.25) is 0 Å². The largest absolute Gasteiger partial charge is 0.331 e. The lowest BCUT2D eigenvalue weighted by atomic mass is 10.1.